The average Bonchev–Trinajstić information content (AvgIpc) is 3.12. The minimum absolute atomic E-state index is 0.0194. The first kappa shape index (κ1) is 19.8. The van der Waals surface area contributed by atoms with Crippen molar-refractivity contribution in [1.29, 1.82) is 0 Å². The molecule has 1 aromatic carbocycles. The van der Waals surface area contributed by atoms with E-state index in [-0.39, 0.29) is 30.3 Å². The van der Waals surface area contributed by atoms with Crippen LogP contribution >= 0.6 is 11.3 Å². The number of carbonyl (C=O) groups is 3. The van der Waals surface area contributed by atoms with Gasteiger partial charge in [-0.1, -0.05) is 36.8 Å². The van der Waals surface area contributed by atoms with Crippen molar-refractivity contribution in [2.24, 2.45) is 17.8 Å². The molecule has 1 aromatic heterocycles. The Kier molecular flexibility index (Phi) is 5.81. The highest BCUT2D eigenvalue weighted by Crippen LogP contribution is 2.41. The zero-order chi connectivity index (χ0) is 20.4. The lowest BCUT2D eigenvalue weighted by molar-refractivity contribution is -0.136. The molecule has 2 aromatic rings. The molecule has 1 N–H and O–H groups in total. The topological polar surface area (TPSA) is 72.5 Å². The van der Waals surface area contributed by atoms with Gasteiger partial charge in [0.2, 0.25) is 5.91 Å². The monoisotopic (exact) mass is 411 g/mol. The fourth-order valence-corrected chi connectivity index (χ4v) is 5.55. The molecule has 2 bridgehead atoms. The van der Waals surface area contributed by atoms with Gasteiger partial charge in [-0.15, -0.1) is 11.3 Å². The molecule has 4 rings (SSSR count). The first-order chi connectivity index (χ1) is 14.1. The van der Waals surface area contributed by atoms with Crippen molar-refractivity contribution >= 4 is 34.0 Å². The number of hydrogen-bond acceptors (Lipinski definition) is 5. The van der Waals surface area contributed by atoms with Crippen molar-refractivity contribution in [2.45, 2.75) is 39.0 Å². The fourth-order valence-electron chi connectivity index (χ4n) is 4.59. The first-order valence-electron chi connectivity index (χ1n) is 10.3. The molecule has 2 unspecified atom stereocenters. The van der Waals surface area contributed by atoms with Gasteiger partial charge in [-0.05, 0) is 38.2 Å². The van der Waals surface area contributed by atoms with Crippen LogP contribution in [-0.2, 0) is 14.3 Å². The Morgan fingerprint density at radius 1 is 1.14 bits per heavy atom. The maximum absolute atomic E-state index is 13.0. The molecular weight excluding hydrogens is 386 g/mol. The van der Waals surface area contributed by atoms with E-state index in [1.165, 1.54) is 11.3 Å². The zero-order valence-corrected chi connectivity index (χ0v) is 17.3. The third kappa shape index (κ3) is 3.99. The Labute approximate surface area is 174 Å². The summed E-state index contributed by atoms with van der Waals surface area (Å²) in [6, 6.07) is 9.62. The number of benzene rings is 1. The van der Waals surface area contributed by atoms with E-state index in [1.54, 1.807) is 6.92 Å². The highest BCUT2D eigenvalue weighted by atomic mass is 32.1. The van der Waals surface area contributed by atoms with Crippen molar-refractivity contribution < 1.29 is 19.1 Å². The van der Waals surface area contributed by atoms with Gasteiger partial charge in [0.1, 0.15) is 16.3 Å². The Morgan fingerprint density at radius 3 is 2.48 bits per heavy atom. The predicted octanol–water partition coefficient (Wildman–Crippen LogP) is 4.93. The van der Waals surface area contributed by atoms with E-state index in [9.17, 15) is 14.4 Å². The van der Waals surface area contributed by atoms with Crippen molar-refractivity contribution in [1.82, 2.24) is 0 Å². The van der Waals surface area contributed by atoms with Crippen LogP contribution in [0.4, 0.5) is 5.00 Å². The number of amides is 1. The largest absolute Gasteiger partial charge is 0.462 e. The van der Waals surface area contributed by atoms with Crippen molar-refractivity contribution in [3.63, 3.8) is 0 Å². The average molecular weight is 412 g/mol. The van der Waals surface area contributed by atoms with Crippen molar-refractivity contribution in [3.05, 3.63) is 41.3 Å². The van der Waals surface area contributed by atoms with Crippen molar-refractivity contribution in [2.75, 3.05) is 11.9 Å². The van der Waals surface area contributed by atoms with Gasteiger partial charge < -0.3 is 10.1 Å². The van der Waals surface area contributed by atoms with E-state index in [0.29, 0.717) is 29.2 Å². The molecular formula is C23H25NO4S. The zero-order valence-electron chi connectivity index (χ0n) is 16.5. The summed E-state index contributed by atoms with van der Waals surface area (Å²) >= 11 is 1.34. The van der Waals surface area contributed by atoms with E-state index in [2.05, 4.69) is 5.32 Å². The van der Waals surface area contributed by atoms with Gasteiger partial charge in [0, 0.05) is 28.7 Å². The Bertz CT molecular complexity index is 904. The molecule has 2 fully saturated rings. The van der Waals surface area contributed by atoms with E-state index in [1.807, 2.05) is 35.7 Å². The fraction of sp³-hybridized carbons (Fsp3) is 0.435. The van der Waals surface area contributed by atoms with E-state index >= 15 is 0 Å². The van der Waals surface area contributed by atoms with Gasteiger partial charge in [-0.3, -0.25) is 9.59 Å². The summed E-state index contributed by atoms with van der Waals surface area (Å²) < 4.78 is 5.26. The minimum Gasteiger partial charge on any atom is -0.462 e. The molecule has 0 aliphatic heterocycles. The Hall–Kier alpha value is -2.47. The Morgan fingerprint density at radius 2 is 1.83 bits per heavy atom. The van der Waals surface area contributed by atoms with Gasteiger partial charge in [-0.25, -0.2) is 4.79 Å². The second-order valence-electron chi connectivity index (χ2n) is 7.82. The number of ketones is 1. The summed E-state index contributed by atoms with van der Waals surface area (Å²) in [6.45, 7) is 2.03. The quantitative estimate of drug-likeness (QED) is 0.709. The number of esters is 1. The highest BCUT2D eigenvalue weighted by molar-refractivity contribution is 7.15. The first-order valence-corrected chi connectivity index (χ1v) is 11.1. The lowest BCUT2D eigenvalue weighted by atomic mass is 9.67. The summed E-state index contributed by atoms with van der Waals surface area (Å²) in [5.41, 5.74) is 2.08. The predicted molar refractivity (Wildman–Crippen MR) is 113 cm³/mol. The number of ether oxygens (including phenoxy) is 1. The molecule has 0 spiro atoms. The van der Waals surface area contributed by atoms with Crippen LogP contribution in [0.2, 0.25) is 0 Å². The molecule has 0 saturated heterocycles. The summed E-state index contributed by atoms with van der Waals surface area (Å²) in [4.78, 5) is 38.0. The standard InChI is InChI=1S/C23H25NO4S/c1-2-28-23(27)19-18(14-7-4-3-5-8-14)13-29-22(19)24-21(26)17-11-15-9-6-10-16(12-17)20(15)25/h3-5,7-8,13,15-17H,2,6,9-12H2,1H3,(H,24,26). The third-order valence-electron chi connectivity index (χ3n) is 6.01. The number of hydrogen-bond donors (Lipinski definition) is 1. The van der Waals surface area contributed by atoms with E-state index in [4.69, 9.17) is 4.74 Å². The van der Waals surface area contributed by atoms with Crippen LogP contribution in [0.5, 0.6) is 0 Å². The van der Waals surface area contributed by atoms with Crippen LogP contribution in [0.25, 0.3) is 11.1 Å². The lowest BCUT2D eigenvalue weighted by Crippen LogP contribution is -2.40. The number of thiophene rings is 1. The van der Waals surface area contributed by atoms with Crippen LogP contribution in [0.1, 0.15) is 49.4 Å². The van der Waals surface area contributed by atoms with Crippen LogP contribution in [0.3, 0.4) is 0 Å². The summed E-state index contributed by atoms with van der Waals surface area (Å²) in [5, 5.41) is 5.39. The number of rotatable bonds is 5. The van der Waals surface area contributed by atoms with Gasteiger partial charge in [0.25, 0.3) is 0 Å². The second-order valence-corrected chi connectivity index (χ2v) is 8.70. The molecule has 2 aliphatic rings. The molecule has 5 nitrogen and oxygen atoms in total. The molecule has 2 aliphatic carbocycles. The van der Waals surface area contributed by atoms with Crippen LogP contribution in [0.15, 0.2) is 35.7 Å². The van der Waals surface area contributed by atoms with Crippen molar-refractivity contribution in [3.8, 4) is 11.1 Å². The lowest BCUT2D eigenvalue weighted by Gasteiger charge is -2.36. The Balaban J connectivity index is 1.58. The number of fused-ring (bicyclic) bond motifs is 2. The molecule has 0 radical (unpaired) electrons. The maximum atomic E-state index is 13.0. The van der Waals surface area contributed by atoms with Crippen LogP contribution < -0.4 is 5.32 Å². The SMILES string of the molecule is CCOC(=O)c1c(-c2ccccc2)csc1NC(=O)C1CC2CCCC(C1)C2=O. The number of carbonyl (C=O) groups excluding carboxylic acids is 3. The maximum Gasteiger partial charge on any atom is 0.341 e. The molecule has 6 heteroatoms. The smallest absolute Gasteiger partial charge is 0.341 e. The van der Waals surface area contributed by atoms with Gasteiger partial charge in [0.05, 0.1) is 6.61 Å². The third-order valence-corrected chi connectivity index (χ3v) is 6.91. The number of Topliss-reactive ketones (excluding diaryl/α,β-unsaturated/α-hetero) is 1. The van der Waals surface area contributed by atoms with E-state index in [0.717, 1.165) is 30.4 Å². The van der Waals surface area contributed by atoms with Gasteiger partial charge in [0.15, 0.2) is 0 Å². The minimum atomic E-state index is -0.432. The molecule has 1 amide bonds. The van der Waals surface area contributed by atoms with Crippen LogP contribution in [-0.4, -0.2) is 24.3 Å². The molecule has 2 saturated carbocycles. The normalized spacial score (nSPS) is 23.5. The van der Waals surface area contributed by atoms with Gasteiger partial charge >= 0.3 is 5.97 Å². The van der Waals surface area contributed by atoms with Crippen LogP contribution in [0, 0.1) is 17.8 Å². The van der Waals surface area contributed by atoms with E-state index < -0.39 is 5.97 Å². The molecule has 2 atom stereocenters. The highest BCUT2D eigenvalue weighted by Gasteiger charge is 2.41. The summed E-state index contributed by atoms with van der Waals surface area (Å²) in [6.07, 6.45) is 4.10. The number of anilines is 1. The molecule has 1 heterocycles. The molecule has 152 valence electrons. The molecule has 29 heavy (non-hydrogen) atoms. The summed E-state index contributed by atoms with van der Waals surface area (Å²) in [7, 11) is 0. The summed E-state index contributed by atoms with van der Waals surface area (Å²) in [5.74, 6) is -0.327. The second kappa shape index (κ2) is 8.49. The number of nitrogens with one attached hydrogen (secondary N) is 1. The van der Waals surface area contributed by atoms with Gasteiger partial charge in [-0.2, -0.15) is 0 Å².